The van der Waals surface area contributed by atoms with Gasteiger partial charge in [0.1, 0.15) is 0 Å². The summed E-state index contributed by atoms with van der Waals surface area (Å²) in [5.41, 5.74) is 0. The van der Waals surface area contributed by atoms with Gasteiger partial charge < -0.3 is 5.32 Å². The topological polar surface area (TPSA) is 29.1 Å². The minimum Gasteiger partial charge on any atom is -0.353 e. The van der Waals surface area contributed by atoms with Crippen LogP contribution in [0.4, 0.5) is 0 Å². The third-order valence-corrected chi connectivity index (χ3v) is 1.50. The van der Waals surface area contributed by atoms with Crippen molar-refractivity contribution < 1.29 is 4.79 Å². The molecule has 0 saturated heterocycles. The van der Waals surface area contributed by atoms with Crippen LogP contribution in [0.2, 0.25) is 0 Å². The molecule has 0 aromatic carbocycles. The maximum atomic E-state index is 10.9. The molecule has 3 heteroatoms. The fourth-order valence-electron chi connectivity index (χ4n) is 0.654. The van der Waals surface area contributed by atoms with E-state index in [-0.39, 0.29) is 5.91 Å². The van der Waals surface area contributed by atoms with E-state index in [1.807, 2.05) is 0 Å². The molecule has 0 unspecified atom stereocenters. The molecule has 1 N–H and O–H groups in total. The summed E-state index contributed by atoms with van der Waals surface area (Å²) in [5, 5.41) is 2.69. The monoisotopic (exact) mass is 175 g/mol. The van der Waals surface area contributed by atoms with Gasteiger partial charge in [-0.15, -0.1) is 18.2 Å². The van der Waals surface area contributed by atoms with Crippen LogP contribution in [0.1, 0.15) is 19.3 Å². The molecular formula is C8H14ClNO. The van der Waals surface area contributed by atoms with Gasteiger partial charge in [0.2, 0.25) is 5.91 Å². The minimum atomic E-state index is 0.0787. The Labute approximate surface area is 72.6 Å². The first-order valence-corrected chi connectivity index (χ1v) is 4.28. The molecule has 64 valence electrons. The minimum absolute atomic E-state index is 0.0787. The molecule has 0 heterocycles. The fourth-order valence-corrected chi connectivity index (χ4v) is 0.843. The van der Waals surface area contributed by atoms with E-state index >= 15 is 0 Å². The Kier molecular flexibility index (Phi) is 7.26. The largest absolute Gasteiger partial charge is 0.353 e. The number of carbonyl (C=O) groups is 1. The van der Waals surface area contributed by atoms with Crippen LogP contribution < -0.4 is 5.32 Å². The standard InChI is InChI=1S/C8H14ClNO/c1-2-7-10-8(11)5-3-4-6-9/h2H,1,3-7H2,(H,10,11). The van der Waals surface area contributed by atoms with Gasteiger partial charge in [0.15, 0.2) is 0 Å². The Morgan fingerprint density at radius 1 is 1.55 bits per heavy atom. The Bertz CT molecular complexity index is 125. The van der Waals surface area contributed by atoms with Crippen LogP contribution in [-0.4, -0.2) is 18.3 Å². The summed E-state index contributed by atoms with van der Waals surface area (Å²) in [7, 11) is 0. The first-order chi connectivity index (χ1) is 5.31. The van der Waals surface area contributed by atoms with Gasteiger partial charge in [0.05, 0.1) is 0 Å². The van der Waals surface area contributed by atoms with E-state index in [2.05, 4.69) is 11.9 Å². The predicted octanol–water partition coefficient (Wildman–Crippen LogP) is 1.70. The average Bonchev–Trinajstić information content (AvgIpc) is 2.01. The highest BCUT2D eigenvalue weighted by Crippen LogP contribution is 1.96. The van der Waals surface area contributed by atoms with Crippen molar-refractivity contribution in [3.8, 4) is 0 Å². The van der Waals surface area contributed by atoms with E-state index < -0.39 is 0 Å². The Hall–Kier alpha value is -0.500. The Morgan fingerprint density at radius 2 is 2.27 bits per heavy atom. The van der Waals surface area contributed by atoms with Crippen molar-refractivity contribution in [2.45, 2.75) is 19.3 Å². The van der Waals surface area contributed by atoms with Crippen molar-refractivity contribution in [2.75, 3.05) is 12.4 Å². The van der Waals surface area contributed by atoms with E-state index in [4.69, 9.17) is 11.6 Å². The summed E-state index contributed by atoms with van der Waals surface area (Å²) in [6.07, 6.45) is 4.01. The van der Waals surface area contributed by atoms with Gasteiger partial charge in [-0.1, -0.05) is 6.08 Å². The summed E-state index contributed by atoms with van der Waals surface area (Å²) >= 11 is 5.44. The second kappa shape index (κ2) is 7.61. The molecule has 0 aliphatic carbocycles. The zero-order valence-corrected chi connectivity index (χ0v) is 7.36. The average molecular weight is 176 g/mol. The highest BCUT2D eigenvalue weighted by molar-refractivity contribution is 6.17. The van der Waals surface area contributed by atoms with Gasteiger partial charge in [-0.05, 0) is 12.8 Å². The summed E-state index contributed by atoms with van der Waals surface area (Å²) in [6.45, 7) is 4.05. The smallest absolute Gasteiger partial charge is 0.220 e. The van der Waals surface area contributed by atoms with Crippen molar-refractivity contribution in [1.29, 1.82) is 0 Å². The van der Waals surface area contributed by atoms with E-state index in [9.17, 15) is 4.79 Å². The quantitative estimate of drug-likeness (QED) is 0.372. The van der Waals surface area contributed by atoms with Gasteiger partial charge >= 0.3 is 0 Å². The van der Waals surface area contributed by atoms with Crippen LogP contribution in [0, 0.1) is 0 Å². The molecule has 0 aromatic rings. The number of halogens is 1. The molecule has 0 bridgehead atoms. The van der Waals surface area contributed by atoms with Crippen molar-refractivity contribution in [3.63, 3.8) is 0 Å². The van der Waals surface area contributed by atoms with E-state index in [1.54, 1.807) is 6.08 Å². The molecule has 0 radical (unpaired) electrons. The molecule has 0 spiro atoms. The number of alkyl halides is 1. The van der Waals surface area contributed by atoms with Crippen LogP contribution in [0.25, 0.3) is 0 Å². The molecule has 0 atom stereocenters. The second-order valence-corrected chi connectivity index (χ2v) is 2.62. The van der Waals surface area contributed by atoms with Gasteiger partial charge in [-0.25, -0.2) is 0 Å². The lowest BCUT2D eigenvalue weighted by Gasteiger charge is -1.99. The third kappa shape index (κ3) is 7.40. The lowest BCUT2D eigenvalue weighted by Crippen LogP contribution is -2.22. The number of hydrogen-bond donors (Lipinski definition) is 1. The Morgan fingerprint density at radius 3 is 2.82 bits per heavy atom. The van der Waals surface area contributed by atoms with Crippen LogP contribution in [0.3, 0.4) is 0 Å². The molecule has 2 nitrogen and oxygen atoms in total. The SMILES string of the molecule is C=CCNC(=O)CCCCCl. The number of amides is 1. The zero-order valence-electron chi connectivity index (χ0n) is 6.61. The van der Waals surface area contributed by atoms with Crippen molar-refractivity contribution >= 4 is 17.5 Å². The molecule has 1 amide bonds. The highest BCUT2D eigenvalue weighted by atomic mass is 35.5. The zero-order chi connectivity index (χ0) is 8.53. The molecule has 0 aliphatic rings. The normalized spacial score (nSPS) is 9.18. The first-order valence-electron chi connectivity index (χ1n) is 3.74. The summed E-state index contributed by atoms with van der Waals surface area (Å²) in [6, 6.07) is 0. The third-order valence-electron chi connectivity index (χ3n) is 1.23. The number of unbranched alkanes of at least 4 members (excludes halogenated alkanes) is 1. The lowest BCUT2D eigenvalue weighted by atomic mass is 10.2. The highest BCUT2D eigenvalue weighted by Gasteiger charge is 1.97. The molecule has 11 heavy (non-hydrogen) atoms. The number of carbonyl (C=O) groups excluding carboxylic acids is 1. The summed E-state index contributed by atoms with van der Waals surface area (Å²) < 4.78 is 0. The van der Waals surface area contributed by atoms with Gasteiger partial charge in [0, 0.05) is 18.8 Å². The van der Waals surface area contributed by atoms with E-state index in [0.29, 0.717) is 18.8 Å². The van der Waals surface area contributed by atoms with Crippen LogP contribution in [-0.2, 0) is 4.79 Å². The lowest BCUT2D eigenvalue weighted by molar-refractivity contribution is -0.120. The van der Waals surface area contributed by atoms with Crippen LogP contribution >= 0.6 is 11.6 Å². The van der Waals surface area contributed by atoms with Crippen molar-refractivity contribution in [2.24, 2.45) is 0 Å². The summed E-state index contributed by atoms with van der Waals surface area (Å²) in [5.74, 6) is 0.712. The van der Waals surface area contributed by atoms with Gasteiger partial charge in [-0.2, -0.15) is 0 Å². The van der Waals surface area contributed by atoms with Crippen LogP contribution in [0.5, 0.6) is 0 Å². The molecule has 0 fully saturated rings. The predicted molar refractivity (Wildman–Crippen MR) is 47.8 cm³/mol. The van der Waals surface area contributed by atoms with Crippen molar-refractivity contribution in [3.05, 3.63) is 12.7 Å². The molecule has 0 aliphatic heterocycles. The van der Waals surface area contributed by atoms with Crippen LogP contribution in [0.15, 0.2) is 12.7 Å². The maximum Gasteiger partial charge on any atom is 0.220 e. The van der Waals surface area contributed by atoms with Crippen molar-refractivity contribution in [1.82, 2.24) is 5.32 Å². The summed E-state index contributed by atoms with van der Waals surface area (Å²) in [4.78, 5) is 10.9. The van der Waals surface area contributed by atoms with E-state index in [0.717, 1.165) is 12.8 Å². The number of nitrogens with one attached hydrogen (secondary N) is 1. The molecule has 0 saturated carbocycles. The molecule has 0 rings (SSSR count). The van der Waals surface area contributed by atoms with Gasteiger partial charge in [0.25, 0.3) is 0 Å². The number of rotatable bonds is 6. The maximum absolute atomic E-state index is 10.9. The van der Waals surface area contributed by atoms with E-state index in [1.165, 1.54) is 0 Å². The first kappa shape index (κ1) is 10.5. The molecular weight excluding hydrogens is 162 g/mol. The Balaban J connectivity index is 3.15. The van der Waals surface area contributed by atoms with Gasteiger partial charge in [-0.3, -0.25) is 4.79 Å². The second-order valence-electron chi connectivity index (χ2n) is 2.24. The molecule has 0 aromatic heterocycles. The fraction of sp³-hybridized carbons (Fsp3) is 0.625. The number of hydrogen-bond acceptors (Lipinski definition) is 1.